The summed E-state index contributed by atoms with van der Waals surface area (Å²) in [6, 6.07) is 3.52. The molecule has 0 saturated carbocycles. The maximum atomic E-state index is 9.28. The monoisotopic (exact) mass is 238 g/mol. The average Bonchev–Trinajstić information content (AvgIpc) is 2.26. The number of rotatable bonds is 4. The second kappa shape index (κ2) is 5.81. The minimum Gasteiger partial charge on any atom is -0.299 e. The zero-order valence-corrected chi connectivity index (χ0v) is 11.8. The molecule has 0 amide bonds. The van der Waals surface area contributed by atoms with Gasteiger partial charge in [0.1, 0.15) is 5.54 Å². The maximum Gasteiger partial charge on any atom is 0.116 e. The van der Waals surface area contributed by atoms with Crippen molar-refractivity contribution in [1.82, 2.24) is 15.1 Å². The lowest BCUT2D eigenvalue weighted by molar-refractivity contribution is 0.0499. The van der Waals surface area contributed by atoms with E-state index in [1.165, 1.54) is 0 Å². The number of nitriles is 1. The van der Waals surface area contributed by atoms with Crippen LogP contribution in [0.1, 0.15) is 27.7 Å². The van der Waals surface area contributed by atoms with Crippen LogP contribution in [0.4, 0.5) is 0 Å². The molecule has 0 spiro atoms. The first-order valence-electron chi connectivity index (χ1n) is 6.52. The van der Waals surface area contributed by atoms with Gasteiger partial charge in [-0.2, -0.15) is 5.26 Å². The van der Waals surface area contributed by atoms with Crippen molar-refractivity contribution in [3.8, 4) is 6.07 Å². The van der Waals surface area contributed by atoms with E-state index in [1.807, 2.05) is 13.8 Å². The summed E-state index contributed by atoms with van der Waals surface area (Å²) in [4.78, 5) is 4.81. The topological polar surface area (TPSA) is 42.3 Å². The van der Waals surface area contributed by atoms with E-state index in [4.69, 9.17) is 0 Å². The first kappa shape index (κ1) is 14.4. The van der Waals surface area contributed by atoms with E-state index in [9.17, 15) is 5.26 Å². The van der Waals surface area contributed by atoms with Crippen LogP contribution in [0, 0.1) is 11.3 Å². The van der Waals surface area contributed by atoms with E-state index < -0.39 is 5.54 Å². The molecule has 0 aromatic heterocycles. The van der Waals surface area contributed by atoms with Gasteiger partial charge in [0.25, 0.3) is 0 Å². The highest BCUT2D eigenvalue weighted by atomic mass is 15.3. The second-order valence-corrected chi connectivity index (χ2v) is 5.53. The molecule has 0 aliphatic carbocycles. The summed E-state index contributed by atoms with van der Waals surface area (Å²) < 4.78 is 0. The Bertz CT molecular complexity index is 274. The standard InChI is InChI=1S/C13H26N4/c1-6-15-13(4,9-14)10-17-7-11(2)16(5)12(3)8-17/h11-12,15H,6-8,10H2,1-5H3. The highest BCUT2D eigenvalue weighted by Crippen LogP contribution is 2.16. The summed E-state index contributed by atoms with van der Waals surface area (Å²) in [7, 11) is 2.18. The molecular weight excluding hydrogens is 212 g/mol. The molecule has 1 aliphatic heterocycles. The Morgan fingerprint density at radius 2 is 1.88 bits per heavy atom. The number of hydrogen-bond acceptors (Lipinski definition) is 4. The third-order valence-corrected chi connectivity index (χ3v) is 3.79. The average molecular weight is 238 g/mol. The zero-order chi connectivity index (χ0) is 13.1. The van der Waals surface area contributed by atoms with Gasteiger partial charge < -0.3 is 0 Å². The van der Waals surface area contributed by atoms with E-state index >= 15 is 0 Å². The molecule has 0 aromatic rings. The molecule has 1 N–H and O–H groups in total. The number of likely N-dealkylation sites (N-methyl/N-ethyl adjacent to an activating group) is 2. The molecule has 4 heteroatoms. The molecule has 1 aliphatic rings. The van der Waals surface area contributed by atoms with E-state index in [-0.39, 0.29) is 0 Å². The molecule has 17 heavy (non-hydrogen) atoms. The van der Waals surface area contributed by atoms with E-state index in [0.29, 0.717) is 12.1 Å². The van der Waals surface area contributed by atoms with Crippen molar-refractivity contribution in [2.45, 2.75) is 45.3 Å². The fraction of sp³-hybridized carbons (Fsp3) is 0.923. The zero-order valence-electron chi connectivity index (χ0n) is 11.8. The number of hydrogen-bond donors (Lipinski definition) is 1. The predicted octanol–water partition coefficient (Wildman–Crippen LogP) is 0.903. The molecule has 1 fully saturated rings. The van der Waals surface area contributed by atoms with Crippen molar-refractivity contribution in [1.29, 1.82) is 5.26 Å². The molecule has 1 rings (SSSR count). The lowest BCUT2D eigenvalue weighted by Gasteiger charge is -2.44. The van der Waals surface area contributed by atoms with E-state index in [2.05, 4.69) is 42.1 Å². The van der Waals surface area contributed by atoms with Gasteiger partial charge in [-0.05, 0) is 34.4 Å². The fourth-order valence-electron chi connectivity index (χ4n) is 2.61. The van der Waals surface area contributed by atoms with Gasteiger partial charge in [0, 0.05) is 31.7 Å². The Morgan fingerprint density at radius 1 is 1.35 bits per heavy atom. The van der Waals surface area contributed by atoms with Gasteiger partial charge in [-0.1, -0.05) is 6.92 Å². The van der Waals surface area contributed by atoms with Crippen LogP contribution in [0.3, 0.4) is 0 Å². The molecule has 4 nitrogen and oxygen atoms in total. The minimum absolute atomic E-state index is 0.426. The van der Waals surface area contributed by atoms with Crippen LogP contribution in [-0.2, 0) is 0 Å². The summed E-state index contributed by atoms with van der Waals surface area (Å²) in [5.74, 6) is 0. The van der Waals surface area contributed by atoms with Gasteiger partial charge in [-0.3, -0.25) is 15.1 Å². The normalized spacial score (nSPS) is 30.8. The quantitative estimate of drug-likeness (QED) is 0.790. The maximum absolute atomic E-state index is 9.28. The molecule has 3 unspecified atom stereocenters. The smallest absolute Gasteiger partial charge is 0.116 e. The van der Waals surface area contributed by atoms with Gasteiger partial charge >= 0.3 is 0 Å². The van der Waals surface area contributed by atoms with Crippen LogP contribution in [0.15, 0.2) is 0 Å². The van der Waals surface area contributed by atoms with Crippen LogP contribution < -0.4 is 5.32 Å². The van der Waals surface area contributed by atoms with Gasteiger partial charge in [-0.25, -0.2) is 0 Å². The van der Waals surface area contributed by atoms with Crippen LogP contribution in [-0.4, -0.2) is 60.6 Å². The van der Waals surface area contributed by atoms with Crippen molar-refractivity contribution in [2.24, 2.45) is 0 Å². The third kappa shape index (κ3) is 3.67. The highest BCUT2D eigenvalue weighted by Gasteiger charge is 2.32. The Balaban J connectivity index is 2.60. The summed E-state index contributed by atoms with van der Waals surface area (Å²) in [5.41, 5.74) is -0.426. The molecule has 1 saturated heterocycles. The molecule has 0 bridgehead atoms. The summed E-state index contributed by atoms with van der Waals surface area (Å²) in [5, 5.41) is 12.6. The fourth-order valence-corrected chi connectivity index (χ4v) is 2.61. The van der Waals surface area contributed by atoms with Gasteiger partial charge in [-0.15, -0.1) is 0 Å². The summed E-state index contributed by atoms with van der Waals surface area (Å²) >= 11 is 0. The highest BCUT2D eigenvalue weighted by molar-refractivity contribution is 5.06. The Morgan fingerprint density at radius 3 is 2.29 bits per heavy atom. The lowest BCUT2D eigenvalue weighted by atomic mass is 10.0. The van der Waals surface area contributed by atoms with Crippen LogP contribution in [0.25, 0.3) is 0 Å². The number of piperazine rings is 1. The van der Waals surface area contributed by atoms with Crippen LogP contribution in [0.5, 0.6) is 0 Å². The Hall–Kier alpha value is -0.630. The Kier molecular flexibility index (Phi) is 4.93. The van der Waals surface area contributed by atoms with Gasteiger partial charge in [0.05, 0.1) is 6.07 Å². The number of nitrogens with one attached hydrogen (secondary N) is 1. The summed E-state index contributed by atoms with van der Waals surface area (Å²) in [6.45, 7) is 12.3. The second-order valence-electron chi connectivity index (χ2n) is 5.53. The van der Waals surface area contributed by atoms with E-state index in [1.54, 1.807) is 0 Å². The minimum atomic E-state index is -0.426. The van der Waals surface area contributed by atoms with Crippen LogP contribution in [0.2, 0.25) is 0 Å². The van der Waals surface area contributed by atoms with Crippen molar-refractivity contribution in [2.75, 3.05) is 33.2 Å². The molecular formula is C13H26N4. The first-order chi connectivity index (χ1) is 7.91. The van der Waals surface area contributed by atoms with E-state index in [0.717, 1.165) is 26.2 Å². The molecule has 3 atom stereocenters. The SMILES string of the molecule is CCNC(C)(C#N)CN1CC(C)N(C)C(C)C1. The molecule has 0 radical (unpaired) electrons. The first-order valence-corrected chi connectivity index (χ1v) is 6.52. The molecule has 0 aromatic carbocycles. The van der Waals surface area contributed by atoms with Crippen molar-refractivity contribution in [3.05, 3.63) is 0 Å². The largest absolute Gasteiger partial charge is 0.299 e. The van der Waals surface area contributed by atoms with Gasteiger partial charge in [0.15, 0.2) is 0 Å². The predicted molar refractivity (Wildman–Crippen MR) is 70.8 cm³/mol. The lowest BCUT2D eigenvalue weighted by Crippen LogP contribution is -2.59. The Labute approximate surface area is 106 Å². The van der Waals surface area contributed by atoms with Crippen molar-refractivity contribution >= 4 is 0 Å². The van der Waals surface area contributed by atoms with Gasteiger partial charge in [0.2, 0.25) is 0 Å². The van der Waals surface area contributed by atoms with Crippen molar-refractivity contribution in [3.63, 3.8) is 0 Å². The molecule has 98 valence electrons. The molecule has 1 heterocycles. The number of nitrogens with zero attached hydrogens (tertiary/aromatic N) is 3. The third-order valence-electron chi connectivity index (χ3n) is 3.79. The van der Waals surface area contributed by atoms with Crippen LogP contribution >= 0.6 is 0 Å². The summed E-state index contributed by atoms with van der Waals surface area (Å²) in [6.07, 6.45) is 0. The van der Waals surface area contributed by atoms with Crippen molar-refractivity contribution < 1.29 is 0 Å².